The van der Waals surface area contributed by atoms with Crippen LogP contribution >= 0.6 is 23.2 Å². The number of nitrogens with one attached hydrogen (secondary N) is 1. The van der Waals surface area contributed by atoms with Crippen LogP contribution in [0.1, 0.15) is 21.7 Å². The Kier molecular flexibility index (Phi) is 4.10. The lowest BCUT2D eigenvalue weighted by molar-refractivity contribution is 0.0924. The lowest BCUT2D eigenvalue weighted by Crippen LogP contribution is -2.22. The molecule has 112 valence electrons. The summed E-state index contributed by atoms with van der Waals surface area (Å²) in [5, 5.41) is 4.81. The second kappa shape index (κ2) is 6.03. The fourth-order valence-corrected chi connectivity index (χ4v) is 2.76. The van der Waals surface area contributed by atoms with Crippen molar-refractivity contribution in [2.24, 2.45) is 0 Å². The largest absolute Gasteiger partial charge is 0.449 e. The van der Waals surface area contributed by atoms with Crippen molar-refractivity contribution >= 4 is 40.1 Å². The first-order chi connectivity index (χ1) is 10.6. The molecule has 1 amide bonds. The van der Waals surface area contributed by atoms with Crippen LogP contribution in [0.5, 0.6) is 0 Å². The SMILES string of the molecule is Cc1c(C(=O)NCc2cccc(Cl)c2)oc2c(Cl)cccc12. The van der Waals surface area contributed by atoms with Gasteiger partial charge in [0.05, 0.1) is 5.02 Å². The van der Waals surface area contributed by atoms with E-state index in [0.717, 1.165) is 16.5 Å². The molecule has 0 fully saturated rings. The quantitative estimate of drug-likeness (QED) is 0.734. The molecule has 3 rings (SSSR count). The van der Waals surface area contributed by atoms with Gasteiger partial charge in [-0.2, -0.15) is 0 Å². The third kappa shape index (κ3) is 2.82. The summed E-state index contributed by atoms with van der Waals surface area (Å²) in [5.41, 5.74) is 2.24. The van der Waals surface area contributed by atoms with E-state index in [-0.39, 0.29) is 11.7 Å². The Morgan fingerprint density at radius 2 is 1.95 bits per heavy atom. The van der Waals surface area contributed by atoms with Gasteiger partial charge < -0.3 is 9.73 Å². The summed E-state index contributed by atoms with van der Waals surface area (Å²) < 4.78 is 5.63. The summed E-state index contributed by atoms with van der Waals surface area (Å²) in [6.45, 7) is 2.22. The lowest BCUT2D eigenvalue weighted by Gasteiger charge is -2.04. The minimum Gasteiger partial charge on any atom is -0.449 e. The van der Waals surface area contributed by atoms with E-state index < -0.39 is 0 Å². The van der Waals surface area contributed by atoms with Crippen LogP contribution in [0.25, 0.3) is 11.0 Å². The third-order valence-electron chi connectivity index (χ3n) is 3.46. The Bertz CT molecular complexity index is 855. The first-order valence-corrected chi connectivity index (χ1v) is 7.52. The van der Waals surface area contributed by atoms with Gasteiger partial charge in [-0.1, -0.05) is 47.5 Å². The zero-order valence-electron chi connectivity index (χ0n) is 11.8. The van der Waals surface area contributed by atoms with Crippen molar-refractivity contribution in [3.63, 3.8) is 0 Å². The van der Waals surface area contributed by atoms with Crippen molar-refractivity contribution < 1.29 is 9.21 Å². The maximum absolute atomic E-state index is 12.3. The Labute approximate surface area is 137 Å². The van der Waals surface area contributed by atoms with Gasteiger partial charge >= 0.3 is 0 Å². The van der Waals surface area contributed by atoms with Gasteiger partial charge in [-0.15, -0.1) is 0 Å². The summed E-state index contributed by atoms with van der Waals surface area (Å²) >= 11 is 12.0. The minimum absolute atomic E-state index is 0.273. The van der Waals surface area contributed by atoms with Crippen molar-refractivity contribution in [3.05, 3.63) is 69.4 Å². The highest BCUT2D eigenvalue weighted by atomic mass is 35.5. The first-order valence-electron chi connectivity index (χ1n) is 6.76. The van der Waals surface area contributed by atoms with E-state index >= 15 is 0 Å². The molecular weight excluding hydrogens is 321 g/mol. The fraction of sp³-hybridized carbons (Fsp3) is 0.118. The molecule has 0 saturated carbocycles. The number of carbonyl (C=O) groups excluding carboxylic acids is 1. The predicted molar refractivity (Wildman–Crippen MR) is 88.6 cm³/mol. The number of amides is 1. The molecule has 3 aromatic rings. The zero-order chi connectivity index (χ0) is 15.7. The molecule has 0 aliphatic carbocycles. The molecule has 1 aromatic heterocycles. The summed E-state index contributed by atoms with van der Waals surface area (Å²) in [6, 6.07) is 12.8. The molecular formula is C17H13Cl2NO2. The normalized spacial score (nSPS) is 10.9. The molecule has 0 aliphatic heterocycles. The molecule has 0 saturated heterocycles. The van der Waals surface area contributed by atoms with E-state index in [1.807, 2.05) is 37.3 Å². The van der Waals surface area contributed by atoms with E-state index in [2.05, 4.69) is 5.32 Å². The Hall–Kier alpha value is -1.97. The van der Waals surface area contributed by atoms with E-state index in [0.29, 0.717) is 22.2 Å². The Morgan fingerprint density at radius 1 is 1.18 bits per heavy atom. The van der Waals surface area contributed by atoms with Crippen molar-refractivity contribution in [1.29, 1.82) is 0 Å². The van der Waals surface area contributed by atoms with Gasteiger partial charge in [-0.3, -0.25) is 4.79 Å². The molecule has 0 aliphatic rings. The molecule has 22 heavy (non-hydrogen) atoms. The Morgan fingerprint density at radius 3 is 2.68 bits per heavy atom. The highest BCUT2D eigenvalue weighted by Gasteiger charge is 2.18. The molecule has 3 nitrogen and oxygen atoms in total. The summed E-state index contributed by atoms with van der Waals surface area (Å²) in [5.74, 6) is 0.00914. The summed E-state index contributed by atoms with van der Waals surface area (Å²) in [4.78, 5) is 12.3. The second-order valence-corrected chi connectivity index (χ2v) is 5.83. The smallest absolute Gasteiger partial charge is 0.287 e. The number of rotatable bonds is 3. The number of furan rings is 1. The van der Waals surface area contributed by atoms with Crippen molar-refractivity contribution in [2.75, 3.05) is 0 Å². The van der Waals surface area contributed by atoms with Gasteiger partial charge in [0.1, 0.15) is 0 Å². The molecule has 0 bridgehead atoms. The predicted octanol–water partition coefficient (Wildman–Crippen LogP) is 4.98. The van der Waals surface area contributed by atoms with E-state index in [1.54, 1.807) is 12.1 Å². The number of para-hydroxylation sites is 1. The van der Waals surface area contributed by atoms with E-state index in [4.69, 9.17) is 27.6 Å². The lowest BCUT2D eigenvalue weighted by atomic mass is 10.1. The third-order valence-corrected chi connectivity index (χ3v) is 4.00. The average molecular weight is 334 g/mol. The van der Waals surface area contributed by atoms with Crippen LogP contribution in [-0.2, 0) is 6.54 Å². The van der Waals surface area contributed by atoms with Gasteiger partial charge in [0.25, 0.3) is 5.91 Å². The molecule has 0 radical (unpaired) electrons. The highest BCUT2D eigenvalue weighted by molar-refractivity contribution is 6.35. The standard InChI is InChI=1S/C17H13Cl2NO2/c1-10-13-6-3-7-14(19)16(13)22-15(10)17(21)20-9-11-4-2-5-12(18)8-11/h2-8H,9H2,1H3,(H,20,21). The number of aryl methyl sites for hydroxylation is 1. The Balaban J connectivity index is 1.83. The number of carbonyl (C=O) groups is 1. The molecule has 0 spiro atoms. The van der Waals surface area contributed by atoms with E-state index in [1.165, 1.54) is 0 Å². The van der Waals surface area contributed by atoms with Crippen LogP contribution < -0.4 is 5.32 Å². The van der Waals surface area contributed by atoms with Crippen LogP contribution in [0.15, 0.2) is 46.9 Å². The van der Waals surface area contributed by atoms with Crippen LogP contribution in [0.4, 0.5) is 0 Å². The van der Waals surface area contributed by atoms with Crippen molar-refractivity contribution in [1.82, 2.24) is 5.32 Å². The van der Waals surface area contributed by atoms with Crippen LogP contribution in [0.3, 0.4) is 0 Å². The van der Waals surface area contributed by atoms with Gasteiger partial charge in [0.2, 0.25) is 0 Å². The first kappa shape index (κ1) is 14.9. The van der Waals surface area contributed by atoms with Gasteiger partial charge in [-0.25, -0.2) is 0 Å². The minimum atomic E-state index is -0.273. The van der Waals surface area contributed by atoms with Crippen LogP contribution in [0, 0.1) is 6.92 Å². The number of hydrogen-bond acceptors (Lipinski definition) is 2. The molecule has 2 aromatic carbocycles. The van der Waals surface area contributed by atoms with Crippen LogP contribution in [0.2, 0.25) is 10.0 Å². The topological polar surface area (TPSA) is 42.2 Å². The van der Waals surface area contributed by atoms with Gasteiger partial charge in [-0.05, 0) is 30.7 Å². The summed E-state index contributed by atoms with van der Waals surface area (Å²) in [7, 11) is 0. The number of hydrogen-bond donors (Lipinski definition) is 1. The highest BCUT2D eigenvalue weighted by Crippen LogP contribution is 2.30. The molecule has 1 N–H and O–H groups in total. The zero-order valence-corrected chi connectivity index (χ0v) is 13.3. The van der Waals surface area contributed by atoms with Crippen molar-refractivity contribution in [2.45, 2.75) is 13.5 Å². The second-order valence-electron chi connectivity index (χ2n) is 4.99. The van der Waals surface area contributed by atoms with E-state index in [9.17, 15) is 4.79 Å². The van der Waals surface area contributed by atoms with Crippen LogP contribution in [-0.4, -0.2) is 5.91 Å². The summed E-state index contributed by atoms with van der Waals surface area (Å²) in [6.07, 6.45) is 0. The monoisotopic (exact) mass is 333 g/mol. The number of fused-ring (bicyclic) bond motifs is 1. The maximum Gasteiger partial charge on any atom is 0.287 e. The average Bonchev–Trinajstić information content (AvgIpc) is 2.84. The fourth-order valence-electron chi connectivity index (χ4n) is 2.33. The molecule has 5 heteroatoms. The maximum atomic E-state index is 12.3. The van der Waals surface area contributed by atoms with Gasteiger partial charge in [0, 0.05) is 22.5 Å². The molecule has 1 heterocycles. The number of benzene rings is 2. The number of halogens is 2. The molecule has 0 unspecified atom stereocenters. The van der Waals surface area contributed by atoms with Crippen molar-refractivity contribution in [3.8, 4) is 0 Å². The molecule has 0 atom stereocenters. The van der Waals surface area contributed by atoms with Gasteiger partial charge in [0.15, 0.2) is 11.3 Å².